The molecular formula is C24H31N3O2S. The highest BCUT2D eigenvalue weighted by atomic mass is 32.2. The van der Waals surface area contributed by atoms with E-state index in [0.717, 1.165) is 52.3 Å². The molecule has 30 heavy (non-hydrogen) atoms. The summed E-state index contributed by atoms with van der Waals surface area (Å²) in [6.07, 6.45) is 7.95. The van der Waals surface area contributed by atoms with E-state index in [1.54, 1.807) is 13.0 Å². The van der Waals surface area contributed by atoms with Gasteiger partial charge in [0, 0.05) is 34.6 Å². The molecule has 1 aliphatic rings. The van der Waals surface area contributed by atoms with Crippen molar-refractivity contribution < 1.29 is 8.42 Å². The van der Waals surface area contributed by atoms with Crippen LogP contribution in [0.3, 0.4) is 0 Å². The molecule has 3 aromatic rings. The van der Waals surface area contributed by atoms with Crippen LogP contribution in [-0.4, -0.2) is 30.2 Å². The number of nitrogens with zero attached hydrogens (tertiary/aromatic N) is 1. The Hall–Kier alpha value is -2.34. The Bertz CT molecular complexity index is 1140. The number of anilines is 1. The number of hydrogen-bond acceptors (Lipinski definition) is 4. The van der Waals surface area contributed by atoms with E-state index in [4.69, 9.17) is 0 Å². The fourth-order valence-electron chi connectivity index (χ4n) is 4.56. The Labute approximate surface area is 179 Å². The highest BCUT2D eigenvalue weighted by Gasteiger charge is 2.22. The standard InChI is InChI=1S/C24H31N3O2S/c1-4-17-6-8-18(9-7-17)27-23-11-10-19(30(28,29)5-2)15-22(23)21-14-16(3)26-24-20(21)12-13-25-24/h10-15,17-18,27H,4-9H2,1-3H3,(H,25,26). The third-order valence-corrected chi connectivity index (χ3v) is 8.19. The first-order chi connectivity index (χ1) is 14.4. The van der Waals surface area contributed by atoms with Gasteiger partial charge in [-0.25, -0.2) is 13.4 Å². The van der Waals surface area contributed by atoms with Gasteiger partial charge in [-0.1, -0.05) is 20.3 Å². The van der Waals surface area contributed by atoms with Crippen molar-refractivity contribution in [2.75, 3.05) is 11.1 Å². The molecule has 0 aliphatic heterocycles. The molecule has 1 aromatic carbocycles. The average Bonchev–Trinajstić information content (AvgIpc) is 3.22. The molecule has 5 nitrogen and oxygen atoms in total. The van der Waals surface area contributed by atoms with Crippen molar-refractivity contribution in [2.24, 2.45) is 5.92 Å². The largest absolute Gasteiger partial charge is 0.382 e. The molecule has 4 rings (SSSR count). The smallest absolute Gasteiger partial charge is 0.178 e. The van der Waals surface area contributed by atoms with E-state index in [1.807, 2.05) is 37.4 Å². The number of hydrogen-bond donors (Lipinski definition) is 2. The molecule has 0 radical (unpaired) electrons. The van der Waals surface area contributed by atoms with Gasteiger partial charge in [-0.3, -0.25) is 0 Å². The Morgan fingerprint density at radius 1 is 1.07 bits per heavy atom. The van der Waals surface area contributed by atoms with Gasteiger partial charge in [-0.15, -0.1) is 0 Å². The number of benzene rings is 1. The van der Waals surface area contributed by atoms with Gasteiger partial charge in [0.15, 0.2) is 9.84 Å². The second kappa shape index (κ2) is 8.42. The molecular weight excluding hydrogens is 394 g/mol. The van der Waals surface area contributed by atoms with Gasteiger partial charge in [-0.05, 0) is 74.4 Å². The van der Waals surface area contributed by atoms with Crippen molar-refractivity contribution in [2.45, 2.75) is 63.8 Å². The third kappa shape index (κ3) is 4.10. The number of rotatable bonds is 6. The van der Waals surface area contributed by atoms with Gasteiger partial charge in [0.25, 0.3) is 0 Å². The van der Waals surface area contributed by atoms with Crippen LogP contribution in [0.1, 0.15) is 51.6 Å². The van der Waals surface area contributed by atoms with Gasteiger partial charge in [0.05, 0.1) is 10.6 Å². The number of aromatic nitrogens is 2. The topological polar surface area (TPSA) is 74.8 Å². The van der Waals surface area contributed by atoms with Crippen LogP contribution in [0, 0.1) is 12.8 Å². The molecule has 1 saturated carbocycles. The molecule has 0 saturated heterocycles. The summed E-state index contributed by atoms with van der Waals surface area (Å²) in [5, 5.41) is 4.74. The number of fused-ring (bicyclic) bond motifs is 1. The maximum atomic E-state index is 12.6. The van der Waals surface area contributed by atoms with Gasteiger partial charge < -0.3 is 10.3 Å². The highest BCUT2D eigenvalue weighted by Crippen LogP contribution is 2.37. The van der Waals surface area contributed by atoms with Crippen LogP contribution >= 0.6 is 0 Å². The summed E-state index contributed by atoms with van der Waals surface area (Å²) in [6, 6.07) is 9.99. The summed E-state index contributed by atoms with van der Waals surface area (Å²) in [7, 11) is -3.29. The van der Waals surface area contributed by atoms with E-state index in [1.165, 1.54) is 19.3 Å². The molecule has 0 bridgehead atoms. The summed E-state index contributed by atoms with van der Waals surface area (Å²) in [6.45, 7) is 5.93. The molecule has 160 valence electrons. The minimum absolute atomic E-state index is 0.0924. The number of nitrogens with one attached hydrogen (secondary N) is 2. The second-order valence-electron chi connectivity index (χ2n) is 8.43. The SMILES string of the molecule is CCC1CCC(Nc2ccc(S(=O)(=O)CC)cc2-c2cc(C)nc3[nH]ccc23)CC1. The number of aryl methyl sites for hydroxylation is 1. The minimum atomic E-state index is -3.29. The van der Waals surface area contributed by atoms with Crippen molar-refractivity contribution in [1.82, 2.24) is 9.97 Å². The summed E-state index contributed by atoms with van der Waals surface area (Å²) in [5.41, 5.74) is 4.66. The van der Waals surface area contributed by atoms with Gasteiger partial charge in [-0.2, -0.15) is 0 Å². The van der Waals surface area contributed by atoms with Gasteiger partial charge in [0.1, 0.15) is 5.65 Å². The second-order valence-corrected chi connectivity index (χ2v) is 10.7. The first kappa shape index (κ1) is 20.9. The monoisotopic (exact) mass is 425 g/mol. The van der Waals surface area contributed by atoms with Crippen molar-refractivity contribution >= 4 is 26.6 Å². The fraction of sp³-hybridized carbons (Fsp3) is 0.458. The van der Waals surface area contributed by atoms with Crippen LogP contribution in [0.5, 0.6) is 0 Å². The zero-order valence-electron chi connectivity index (χ0n) is 18.0. The fourth-order valence-corrected chi connectivity index (χ4v) is 5.46. The lowest BCUT2D eigenvalue weighted by molar-refractivity contribution is 0.330. The zero-order valence-corrected chi connectivity index (χ0v) is 18.8. The quantitative estimate of drug-likeness (QED) is 0.530. The van der Waals surface area contributed by atoms with Crippen LogP contribution in [0.4, 0.5) is 5.69 Å². The van der Waals surface area contributed by atoms with Crippen LogP contribution in [0.2, 0.25) is 0 Å². The minimum Gasteiger partial charge on any atom is -0.382 e. The molecule has 0 atom stereocenters. The van der Waals surface area contributed by atoms with Crippen molar-refractivity contribution in [3.63, 3.8) is 0 Å². The Morgan fingerprint density at radius 2 is 1.83 bits per heavy atom. The van der Waals surface area contributed by atoms with Crippen LogP contribution in [0.15, 0.2) is 41.4 Å². The predicted molar refractivity (Wildman–Crippen MR) is 124 cm³/mol. The summed E-state index contributed by atoms with van der Waals surface area (Å²) in [4.78, 5) is 8.14. The number of H-pyrrole nitrogens is 1. The van der Waals surface area contributed by atoms with E-state index < -0.39 is 9.84 Å². The summed E-state index contributed by atoms with van der Waals surface area (Å²) in [5.74, 6) is 0.928. The summed E-state index contributed by atoms with van der Waals surface area (Å²) < 4.78 is 25.2. The molecule has 2 heterocycles. The molecule has 6 heteroatoms. The Balaban J connectivity index is 1.79. The van der Waals surface area contributed by atoms with Crippen LogP contribution < -0.4 is 5.32 Å². The van der Waals surface area contributed by atoms with Crippen molar-refractivity contribution in [3.8, 4) is 11.1 Å². The van der Waals surface area contributed by atoms with E-state index >= 15 is 0 Å². The lowest BCUT2D eigenvalue weighted by Gasteiger charge is -2.30. The first-order valence-corrected chi connectivity index (χ1v) is 12.6. The maximum absolute atomic E-state index is 12.6. The van der Waals surface area contributed by atoms with E-state index in [-0.39, 0.29) is 5.75 Å². The van der Waals surface area contributed by atoms with Crippen molar-refractivity contribution in [3.05, 3.63) is 42.2 Å². The molecule has 0 amide bonds. The molecule has 2 N–H and O–H groups in total. The third-order valence-electron chi connectivity index (χ3n) is 6.46. The number of pyridine rings is 1. The zero-order chi connectivity index (χ0) is 21.3. The molecule has 1 aliphatic carbocycles. The summed E-state index contributed by atoms with van der Waals surface area (Å²) >= 11 is 0. The normalized spacial score (nSPS) is 19.8. The molecule has 0 spiro atoms. The van der Waals surface area contributed by atoms with Crippen molar-refractivity contribution in [1.29, 1.82) is 0 Å². The highest BCUT2D eigenvalue weighted by molar-refractivity contribution is 7.91. The predicted octanol–water partition coefficient (Wildman–Crippen LogP) is 5.71. The number of sulfone groups is 1. The molecule has 0 unspecified atom stereocenters. The van der Waals surface area contributed by atoms with E-state index in [2.05, 4.69) is 22.2 Å². The van der Waals surface area contributed by atoms with E-state index in [0.29, 0.717) is 10.9 Å². The average molecular weight is 426 g/mol. The lowest BCUT2D eigenvalue weighted by Crippen LogP contribution is -2.26. The van der Waals surface area contributed by atoms with Crippen LogP contribution in [-0.2, 0) is 9.84 Å². The van der Waals surface area contributed by atoms with Crippen LogP contribution in [0.25, 0.3) is 22.2 Å². The Kier molecular flexibility index (Phi) is 5.87. The number of aromatic amines is 1. The Morgan fingerprint density at radius 3 is 2.53 bits per heavy atom. The maximum Gasteiger partial charge on any atom is 0.178 e. The lowest BCUT2D eigenvalue weighted by atomic mass is 9.84. The van der Waals surface area contributed by atoms with E-state index in [9.17, 15) is 8.42 Å². The molecule has 1 fully saturated rings. The van der Waals surface area contributed by atoms with Gasteiger partial charge >= 0.3 is 0 Å². The molecule has 2 aromatic heterocycles. The van der Waals surface area contributed by atoms with Gasteiger partial charge in [0.2, 0.25) is 0 Å². The first-order valence-electron chi connectivity index (χ1n) is 11.0.